The molecule has 19 aromatic heterocycles. The van der Waals surface area contributed by atoms with E-state index in [9.17, 15) is 0 Å². The molecular weight excluding hydrogens is 1720 g/mol. The van der Waals surface area contributed by atoms with Crippen LogP contribution in [0.3, 0.4) is 0 Å². The molecule has 0 radical (unpaired) electrons. The number of benzene rings is 2. The molecule has 0 unspecified atom stereocenters. The van der Waals surface area contributed by atoms with Gasteiger partial charge in [-0.2, -0.15) is 0 Å². The van der Waals surface area contributed by atoms with Crippen LogP contribution in [-0.4, -0.2) is 94.7 Å². The second-order valence-electron chi connectivity index (χ2n) is 34.7. The molecule has 0 aliphatic rings. The van der Waals surface area contributed by atoms with Crippen molar-refractivity contribution in [2.45, 2.75) is 96.9 Å². The Morgan fingerprint density at radius 3 is 0.500 bits per heavy atom. The average molecular weight is 1830 g/mol. The zero-order valence-electron chi connectivity index (χ0n) is 80.9. The van der Waals surface area contributed by atoms with Gasteiger partial charge in [-0.05, 0) is 322 Å². The molecular formula is C121H105N19. The van der Waals surface area contributed by atoms with Gasteiger partial charge in [-0.15, -0.1) is 0 Å². The van der Waals surface area contributed by atoms with Gasteiger partial charge in [-0.1, -0.05) is 102 Å². The van der Waals surface area contributed by atoms with Gasteiger partial charge < -0.3 is 0 Å². The smallest absolute Gasteiger partial charge is 0.0894 e. The van der Waals surface area contributed by atoms with E-state index in [1.54, 1.807) is 0 Å². The number of hydrogen-bond donors (Lipinski definition) is 0. The number of aryl methyl sites for hydroxylation is 14. The van der Waals surface area contributed by atoms with Crippen molar-refractivity contribution in [1.82, 2.24) is 94.7 Å². The van der Waals surface area contributed by atoms with Crippen molar-refractivity contribution in [3.8, 4) is 169 Å². The molecule has 21 rings (SSSR count). The summed E-state index contributed by atoms with van der Waals surface area (Å²) in [6.07, 6.45) is 36.9. The van der Waals surface area contributed by atoms with E-state index in [1.807, 2.05) is 357 Å². The molecule has 0 aliphatic heterocycles. The number of rotatable bonds is 15. The minimum atomic E-state index is 0.820. The fourth-order valence-electron chi connectivity index (χ4n) is 15.9. The summed E-state index contributed by atoms with van der Waals surface area (Å²) in [6.45, 7) is 28.8. The van der Waals surface area contributed by atoms with Gasteiger partial charge in [0.1, 0.15) is 0 Å². The van der Waals surface area contributed by atoms with Crippen molar-refractivity contribution in [2.75, 3.05) is 0 Å². The van der Waals surface area contributed by atoms with E-state index >= 15 is 0 Å². The molecule has 0 aliphatic carbocycles. The van der Waals surface area contributed by atoms with Gasteiger partial charge in [-0.3, -0.25) is 69.8 Å². The van der Waals surface area contributed by atoms with Crippen molar-refractivity contribution in [2.24, 2.45) is 0 Å². The molecule has 0 bridgehead atoms. The highest BCUT2D eigenvalue weighted by molar-refractivity contribution is 5.78. The first-order valence-electron chi connectivity index (χ1n) is 46.2. The Hall–Kier alpha value is -17.7. The topological polar surface area (TPSA) is 245 Å². The molecule has 0 saturated heterocycles. The van der Waals surface area contributed by atoms with E-state index in [0.717, 1.165) is 214 Å². The van der Waals surface area contributed by atoms with E-state index in [2.05, 4.69) is 195 Å². The molecule has 19 heterocycles. The Morgan fingerprint density at radius 2 is 0.279 bits per heavy atom. The van der Waals surface area contributed by atoms with Crippen LogP contribution in [0.1, 0.15) is 78.4 Å². The van der Waals surface area contributed by atoms with E-state index in [1.165, 1.54) is 33.4 Å². The van der Waals surface area contributed by atoms with Crippen LogP contribution >= 0.6 is 0 Å². The molecule has 0 N–H and O–H groups in total. The third-order valence-electron chi connectivity index (χ3n) is 22.7. The Balaban J connectivity index is 0.000000122. The highest BCUT2D eigenvalue weighted by Crippen LogP contribution is 2.35. The van der Waals surface area contributed by atoms with Crippen LogP contribution in [0.15, 0.2) is 385 Å². The Morgan fingerprint density at radius 1 is 0.121 bits per heavy atom. The van der Waals surface area contributed by atoms with Gasteiger partial charge in [0.2, 0.25) is 0 Å². The summed E-state index contributed by atoms with van der Waals surface area (Å²) < 4.78 is 0. The van der Waals surface area contributed by atoms with Crippen molar-refractivity contribution in [3.05, 3.63) is 463 Å². The summed E-state index contributed by atoms with van der Waals surface area (Å²) in [6, 6.07) is 88.1. The maximum absolute atomic E-state index is 4.81. The fraction of sp³-hybridized carbons (Fsp3) is 0.116. The minimum absolute atomic E-state index is 0.820. The summed E-state index contributed by atoms with van der Waals surface area (Å²) in [7, 11) is 0. The number of nitrogens with zero attached hydrogens (tertiary/aromatic N) is 19. The zero-order chi connectivity index (χ0) is 97.4. The van der Waals surface area contributed by atoms with Gasteiger partial charge in [0.15, 0.2) is 0 Å². The van der Waals surface area contributed by atoms with Crippen molar-refractivity contribution >= 4 is 0 Å². The lowest BCUT2D eigenvalue weighted by atomic mass is 9.94. The number of hydrogen-bond acceptors (Lipinski definition) is 19. The molecule has 19 heteroatoms. The van der Waals surface area contributed by atoms with E-state index in [4.69, 9.17) is 24.9 Å². The molecule has 140 heavy (non-hydrogen) atoms. The Labute approximate surface area is 818 Å². The molecule has 2 aromatic carbocycles. The first kappa shape index (κ1) is 95.4. The molecule has 0 saturated carbocycles. The molecule has 0 spiro atoms. The lowest BCUT2D eigenvalue weighted by molar-refractivity contribution is 1.16. The highest BCUT2D eigenvalue weighted by atomic mass is 14.9. The van der Waals surface area contributed by atoms with E-state index < -0.39 is 0 Å². The van der Waals surface area contributed by atoms with Gasteiger partial charge in [0, 0.05) is 225 Å². The third-order valence-corrected chi connectivity index (χ3v) is 22.7. The number of pyridine rings is 19. The highest BCUT2D eigenvalue weighted by Gasteiger charge is 2.16. The minimum Gasteiger partial charge on any atom is -0.264 e. The molecule has 0 fully saturated rings. The van der Waals surface area contributed by atoms with Crippen LogP contribution in [0.2, 0.25) is 0 Å². The summed E-state index contributed by atoms with van der Waals surface area (Å²) >= 11 is 0. The predicted octanol–water partition coefficient (Wildman–Crippen LogP) is 27.9. The molecule has 19 nitrogen and oxygen atoms in total. The third kappa shape index (κ3) is 25.7. The Bertz CT molecular complexity index is 6780. The zero-order valence-corrected chi connectivity index (χ0v) is 80.9. The van der Waals surface area contributed by atoms with Crippen LogP contribution in [0, 0.1) is 96.9 Å². The van der Waals surface area contributed by atoms with Gasteiger partial charge in [-0.25, -0.2) is 24.9 Å². The summed E-state index contributed by atoms with van der Waals surface area (Å²) in [4.78, 5) is 85.3. The molecule has 684 valence electrons. The largest absolute Gasteiger partial charge is 0.264 e. The SMILES string of the molecule is Cc1ccc(-c2ccc(C)cc2C)c(C)c1.Cc1cccc(-c2cccc(-c3cccc(-c4cccc(C)n4)n3)n2)n1.Cc1cncc(-c2cccc(-c3cncc(-c4cccc(C)n4)c3)n2)c1.Cc1cncc(-c2cccc(-c3cncc(-c4cccc(C)n4)c3)n2)c1.Cc1cncc(-c2cccc(-c3cncc(C)c3)n2)c1.Cc1cncc(-c2cncc(-c3cncc(-c4cncc(C)c4)c3)c2)c1. The van der Waals surface area contributed by atoms with Crippen LogP contribution in [0.25, 0.3) is 169 Å². The first-order valence-corrected chi connectivity index (χ1v) is 46.2. The van der Waals surface area contributed by atoms with E-state index in [0.29, 0.717) is 0 Å². The molecule has 0 atom stereocenters. The van der Waals surface area contributed by atoms with Gasteiger partial charge >= 0.3 is 0 Å². The second-order valence-corrected chi connectivity index (χ2v) is 34.7. The molecule has 21 aromatic rings. The van der Waals surface area contributed by atoms with Crippen LogP contribution in [-0.2, 0) is 0 Å². The van der Waals surface area contributed by atoms with E-state index in [-0.39, 0.29) is 0 Å². The summed E-state index contributed by atoms with van der Waals surface area (Å²) in [5.74, 6) is 0. The maximum Gasteiger partial charge on any atom is 0.0894 e. The second kappa shape index (κ2) is 45.5. The summed E-state index contributed by atoms with van der Waals surface area (Å²) in [5, 5.41) is 0. The average Bonchev–Trinajstić information content (AvgIpc) is 0.754. The van der Waals surface area contributed by atoms with Crippen LogP contribution in [0.5, 0.6) is 0 Å². The first-order chi connectivity index (χ1) is 68.0. The lowest BCUT2D eigenvalue weighted by Gasteiger charge is -2.10. The predicted molar refractivity (Wildman–Crippen MR) is 565 cm³/mol. The standard InChI is InChI=1S/4C22H18N4.C17H15N3.C16H18/c1-15-3-17(9-23-7-15)19-5-21(13-25-11-19)22-6-20(12-26-14-22)18-4-16(2)8-24-10-18;1-15-7-3-9-17(23-15)19-11-5-13-21(25-19)22-14-6-12-20(26-22)18-10-4-8-16(2)24-18;2*1-15-9-17(12-23-11-15)21-7-4-8-22(26-21)19-10-18(13-24-14-19)20-6-3-5-16(2)25-20;1-12-6-14(10-18-8-12)16-4-3-5-17(20-16)15-7-13(2)9-19-11-15;1-11-5-7-15(13(3)9-11)16-8-6-12(2)10-14(16)4/h4*3-14H,1-2H3;3-11H,1-2H3;5-10H,1-4H3. The quantitative estimate of drug-likeness (QED) is 0.0925. The van der Waals surface area contributed by atoms with Crippen LogP contribution in [0.4, 0.5) is 0 Å². The van der Waals surface area contributed by atoms with Crippen LogP contribution < -0.4 is 0 Å². The maximum atomic E-state index is 4.81. The monoisotopic (exact) mass is 1820 g/mol. The van der Waals surface area contributed by atoms with Gasteiger partial charge in [0.05, 0.1) is 79.7 Å². The fourth-order valence-corrected chi connectivity index (χ4v) is 15.9. The van der Waals surface area contributed by atoms with Crippen molar-refractivity contribution in [1.29, 1.82) is 0 Å². The summed E-state index contributed by atoms with van der Waals surface area (Å²) in [5.41, 5.74) is 45.3. The van der Waals surface area contributed by atoms with Crippen molar-refractivity contribution in [3.63, 3.8) is 0 Å². The normalized spacial score (nSPS) is 10.6. The van der Waals surface area contributed by atoms with Crippen molar-refractivity contribution < 1.29 is 0 Å². The Kier molecular flexibility index (Phi) is 31.1. The molecule has 0 amide bonds. The lowest BCUT2D eigenvalue weighted by Crippen LogP contribution is -1.95. The van der Waals surface area contributed by atoms with Gasteiger partial charge in [0.25, 0.3) is 0 Å². The number of aromatic nitrogens is 19.